The molecule has 0 bridgehead atoms. The SMILES string of the molecule is CC(C)(C)OC(=O)NCC12CN(c3c(F)cc4c(=O)c(C(=O)O)cn(C5CC5)c4c3F)C[C@H]1CCO2. The summed E-state index contributed by atoms with van der Waals surface area (Å²) in [7, 11) is 0. The van der Waals surface area contributed by atoms with E-state index >= 15 is 8.78 Å². The highest BCUT2D eigenvalue weighted by Gasteiger charge is 2.52. The molecule has 9 nitrogen and oxygen atoms in total. The van der Waals surface area contributed by atoms with E-state index in [-0.39, 0.29) is 41.6 Å². The Labute approximate surface area is 206 Å². The third-order valence-corrected chi connectivity index (χ3v) is 7.10. The molecule has 11 heteroatoms. The minimum absolute atomic E-state index is 0.0815. The van der Waals surface area contributed by atoms with E-state index in [9.17, 15) is 19.5 Å². The van der Waals surface area contributed by atoms with Crippen LogP contribution in [0.5, 0.6) is 0 Å². The fourth-order valence-electron chi connectivity index (χ4n) is 5.34. The van der Waals surface area contributed by atoms with E-state index in [1.807, 2.05) is 0 Å². The molecule has 3 fully saturated rings. The van der Waals surface area contributed by atoms with Crippen LogP contribution >= 0.6 is 0 Å². The third-order valence-electron chi connectivity index (χ3n) is 7.10. The van der Waals surface area contributed by atoms with Crippen molar-refractivity contribution in [3.05, 3.63) is 39.7 Å². The monoisotopic (exact) mass is 505 g/mol. The first-order chi connectivity index (χ1) is 16.9. The maximum Gasteiger partial charge on any atom is 0.407 e. The summed E-state index contributed by atoms with van der Waals surface area (Å²) < 4.78 is 44.2. The summed E-state index contributed by atoms with van der Waals surface area (Å²) in [6, 6.07) is 0.784. The summed E-state index contributed by atoms with van der Waals surface area (Å²) in [5.41, 5.74) is -3.32. The Bertz CT molecular complexity index is 1320. The second-order valence-corrected chi connectivity index (χ2v) is 10.9. The molecule has 0 radical (unpaired) electrons. The lowest BCUT2D eigenvalue weighted by Gasteiger charge is -2.30. The van der Waals surface area contributed by atoms with Gasteiger partial charge in [0.05, 0.1) is 17.4 Å². The lowest BCUT2D eigenvalue weighted by atomic mass is 9.91. The number of aromatic carboxylic acids is 1. The first-order valence-corrected chi connectivity index (χ1v) is 12.1. The number of rotatable bonds is 5. The molecule has 1 unspecified atom stereocenters. The molecule has 1 aromatic heterocycles. The number of anilines is 1. The molecule has 1 saturated carbocycles. The smallest absolute Gasteiger partial charge is 0.407 e. The van der Waals surface area contributed by atoms with Crippen LogP contribution in [-0.2, 0) is 9.47 Å². The van der Waals surface area contributed by atoms with E-state index in [2.05, 4.69) is 5.32 Å². The van der Waals surface area contributed by atoms with Crippen molar-refractivity contribution >= 4 is 28.7 Å². The van der Waals surface area contributed by atoms with Crippen LogP contribution in [0.1, 0.15) is 56.4 Å². The van der Waals surface area contributed by atoms with Gasteiger partial charge in [0.15, 0.2) is 5.82 Å². The van der Waals surface area contributed by atoms with Gasteiger partial charge in [-0.2, -0.15) is 0 Å². The van der Waals surface area contributed by atoms with Crippen molar-refractivity contribution in [2.75, 3.05) is 31.1 Å². The quantitative estimate of drug-likeness (QED) is 0.641. The molecular weight excluding hydrogens is 476 g/mol. The summed E-state index contributed by atoms with van der Waals surface area (Å²) in [6.07, 6.45) is 2.64. The van der Waals surface area contributed by atoms with Crippen molar-refractivity contribution < 1.29 is 33.0 Å². The summed E-state index contributed by atoms with van der Waals surface area (Å²) in [6.45, 7) is 6.28. The minimum atomic E-state index is -1.44. The number of ether oxygens (including phenoxy) is 2. The average Bonchev–Trinajstić information content (AvgIpc) is 3.44. The molecule has 1 amide bonds. The largest absolute Gasteiger partial charge is 0.477 e. The normalized spacial score (nSPS) is 23.7. The first kappa shape index (κ1) is 24.5. The van der Waals surface area contributed by atoms with Crippen LogP contribution in [0.2, 0.25) is 0 Å². The van der Waals surface area contributed by atoms with Gasteiger partial charge in [0.25, 0.3) is 0 Å². The number of nitrogens with one attached hydrogen (secondary N) is 1. The molecule has 36 heavy (non-hydrogen) atoms. The van der Waals surface area contributed by atoms with Gasteiger partial charge in [0, 0.05) is 37.9 Å². The van der Waals surface area contributed by atoms with Crippen molar-refractivity contribution in [3.63, 3.8) is 0 Å². The average molecular weight is 506 g/mol. The number of carbonyl (C=O) groups excluding carboxylic acids is 1. The highest BCUT2D eigenvalue weighted by atomic mass is 19.1. The fraction of sp³-hybridized carbons (Fsp3) is 0.560. The van der Waals surface area contributed by atoms with Gasteiger partial charge in [-0.1, -0.05) is 0 Å². The number of nitrogens with zero attached hydrogens (tertiary/aromatic N) is 2. The number of fused-ring (bicyclic) bond motifs is 2. The number of halogens is 2. The predicted molar refractivity (Wildman–Crippen MR) is 127 cm³/mol. The third kappa shape index (κ3) is 4.19. The number of pyridine rings is 1. The van der Waals surface area contributed by atoms with E-state index in [1.54, 1.807) is 25.7 Å². The molecule has 2 atom stereocenters. The zero-order valence-electron chi connectivity index (χ0n) is 20.4. The van der Waals surface area contributed by atoms with Crippen LogP contribution in [0, 0.1) is 17.6 Å². The predicted octanol–water partition coefficient (Wildman–Crippen LogP) is 3.43. The van der Waals surface area contributed by atoms with Gasteiger partial charge in [0.1, 0.15) is 28.3 Å². The number of hydrogen-bond donors (Lipinski definition) is 2. The Morgan fingerprint density at radius 2 is 2.00 bits per heavy atom. The van der Waals surface area contributed by atoms with Crippen LogP contribution < -0.4 is 15.6 Å². The molecule has 5 rings (SSSR count). The van der Waals surface area contributed by atoms with Crippen molar-refractivity contribution in [3.8, 4) is 0 Å². The number of aromatic nitrogens is 1. The first-order valence-electron chi connectivity index (χ1n) is 12.1. The fourth-order valence-corrected chi connectivity index (χ4v) is 5.34. The molecule has 2 N–H and O–H groups in total. The number of benzene rings is 1. The second kappa shape index (κ2) is 8.43. The maximum absolute atomic E-state index is 16.0. The van der Waals surface area contributed by atoms with Crippen LogP contribution in [0.25, 0.3) is 10.9 Å². The van der Waals surface area contributed by atoms with E-state index in [4.69, 9.17) is 9.47 Å². The second-order valence-electron chi connectivity index (χ2n) is 10.9. The Balaban J connectivity index is 1.50. The molecule has 2 aliphatic heterocycles. The molecule has 3 aliphatic rings. The van der Waals surface area contributed by atoms with Gasteiger partial charge in [-0.3, -0.25) is 4.79 Å². The zero-order valence-corrected chi connectivity index (χ0v) is 20.4. The van der Waals surface area contributed by atoms with Gasteiger partial charge < -0.3 is 29.4 Å². The molecule has 2 saturated heterocycles. The summed E-state index contributed by atoms with van der Waals surface area (Å²) >= 11 is 0. The number of amides is 1. The molecule has 3 heterocycles. The number of carboxylic acid groups (broad SMARTS) is 1. The minimum Gasteiger partial charge on any atom is -0.477 e. The Hall–Kier alpha value is -3.21. The van der Waals surface area contributed by atoms with Crippen molar-refractivity contribution in [2.45, 2.75) is 57.3 Å². The van der Waals surface area contributed by atoms with Crippen molar-refractivity contribution in [1.29, 1.82) is 0 Å². The lowest BCUT2D eigenvalue weighted by molar-refractivity contribution is -0.000290. The number of hydrogen-bond acceptors (Lipinski definition) is 6. The van der Waals surface area contributed by atoms with Crippen LogP contribution in [0.4, 0.5) is 19.3 Å². The zero-order chi connectivity index (χ0) is 26.0. The van der Waals surface area contributed by atoms with Gasteiger partial charge in [0.2, 0.25) is 5.43 Å². The Morgan fingerprint density at radius 3 is 2.64 bits per heavy atom. The van der Waals surface area contributed by atoms with Crippen molar-refractivity contribution in [2.24, 2.45) is 5.92 Å². The molecule has 0 spiro atoms. The van der Waals surface area contributed by atoms with Gasteiger partial charge in [-0.05, 0) is 46.1 Å². The number of carboxylic acids is 1. The Morgan fingerprint density at radius 1 is 1.28 bits per heavy atom. The lowest BCUT2D eigenvalue weighted by Crippen LogP contribution is -2.49. The highest BCUT2D eigenvalue weighted by molar-refractivity contribution is 5.94. The highest BCUT2D eigenvalue weighted by Crippen LogP contribution is 2.44. The molecule has 194 valence electrons. The van der Waals surface area contributed by atoms with E-state index in [0.717, 1.165) is 12.3 Å². The summed E-state index contributed by atoms with van der Waals surface area (Å²) in [5.74, 6) is -3.37. The van der Waals surface area contributed by atoms with Gasteiger partial charge >= 0.3 is 12.1 Å². The van der Waals surface area contributed by atoms with Crippen LogP contribution in [0.3, 0.4) is 0 Å². The summed E-state index contributed by atoms with van der Waals surface area (Å²) in [5, 5.41) is 11.9. The number of carbonyl (C=O) groups is 2. The molecule has 1 aliphatic carbocycles. The van der Waals surface area contributed by atoms with Crippen LogP contribution in [0.15, 0.2) is 17.1 Å². The van der Waals surface area contributed by atoms with E-state index in [0.29, 0.717) is 32.4 Å². The van der Waals surface area contributed by atoms with Gasteiger partial charge in [-0.15, -0.1) is 0 Å². The molecule has 2 aromatic rings. The Kier molecular flexibility index (Phi) is 5.73. The molecular formula is C25H29F2N3O6. The topological polar surface area (TPSA) is 110 Å². The van der Waals surface area contributed by atoms with Gasteiger partial charge in [-0.25, -0.2) is 18.4 Å². The summed E-state index contributed by atoms with van der Waals surface area (Å²) in [4.78, 5) is 38.1. The number of alkyl carbamates (subject to hydrolysis) is 1. The van der Waals surface area contributed by atoms with E-state index < -0.39 is 45.9 Å². The standard InChI is InChI=1S/C25H29F2N3O6/c1-24(2,3)36-23(34)28-11-25-12-29(9-13(25)6-7-35-25)20-17(26)8-15-19(18(20)27)30(14-4-5-14)10-16(21(15)31)22(32)33/h8,10,13-14H,4-7,9,11-12H2,1-3H3,(H,28,34)(H,32,33)/t13-,25?/m1/s1. The molecule has 1 aromatic carbocycles. The van der Waals surface area contributed by atoms with E-state index in [1.165, 1.54) is 4.57 Å². The maximum atomic E-state index is 16.0. The van der Waals surface area contributed by atoms with Crippen molar-refractivity contribution in [1.82, 2.24) is 9.88 Å². The van der Waals surface area contributed by atoms with Crippen LogP contribution in [-0.4, -0.2) is 59.2 Å².